The van der Waals surface area contributed by atoms with Crippen molar-refractivity contribution in [2.45, 2.75) is 103 Å². The number of H-pyrrole nitrogens is 2. The lowest BCUT2D eigenvalue weighted by molar-refractivity contribution is -0.124. The topological polar surface area (TPSA) is 321 Å². The molecule has 4 aromatic carbocycles. The molecule has 82 heavy (non-hydrogen) atoms. The van der Waals surface area contributed by atoms with Crippen LogP contribution in [0.3, 0.4) is 0 Å². The largest absolute Gasteiger partial charge is 0.487 e. The van der Waals surface area contributed by atoms with E-state index in [0.717, 1.165) is 11.1 Å². The zero-order valence-electron chi connectivity index (χ0n) is 46.6. The van der Waals surface area contributed by atoms with E-state index in [0.29, 0.717) is 120 Å². The van der Waals surface area contributed by atoms with Crippen LogP contribution in [-0.2, 0) is 32.3 Å². The summed E-state index contributed by atoms with van der Waals surface area (Å²) in [5.41, 5.74) is 14.6. The highest BCUT2D eigenvalue weighted by atomic mass is 16.6. The molecule has 0 spiro atoms. The minimum absolute atomic E-state index is 0.282. The van der Waals surface area contributed by atoms with Crippen LogP contribution >= 0.6 is 0 Å². The Morgan fingerprint density at radius 1 is 0.549 bits per heavy atom. The summed E-state index contributed by atoms with van der Waals surface area (Å²) in [5, 5.41) is 11.6. The number of rotatable bonds is 14. The second kappa shape index (κ2) is 24.3. The number of hydrogen-bond acceptors (Lipinski definition) is 18. The monoisotopic (exact) mass is 1120 g/mol. The number of nitrogens with zero attached hydrogens (tertiary/aromatic N) is 8. The number of nitrogens with two attached hydrogens (primary N) is 2. The van der Waals surface area contributed by atoms with Crippen LogP contribution in [0.15, 0.2) is 122 Å². The highest BCUT2D eigenvalue weighted by Gasteiger charge is 2.46. The van der Waals surface area contributed by atoms with E-state index in [4.69, 9.17) is 30.4 Å². The second-order valence-electron chi connectivity index (χ2n) is 21.9. The van der Waals surface area contributed by atoms with Gasteiger partial charge in [0.05, 0.1) is 29.7 Å². The molecule has 4 aromatic heterocycles. The fraction of sp³-hybridized carbons (Fsp3) is 0.345. The SMILES string of the molecule is CC(C)(C)OC(=O)NC1(C(=O)Nc2c(N)cccc2OCc2ccccc2)CCN(c2ncnc3nc[nH]c23)CC1.CC(C)(C)OC(=O)NC1(C(=O)Nc2cccc(OCc3ccccc3)c2N)CCN(c2ncnc3nc[nH]c23)CC1. The van der Waals surface area contributed by atoms with Crippen LogP contribution in [0, 0.1) is 0 Å². The normalized spacial score (nSPS) is 14.9. The van der Waals surface area contributed by atoms with Crippen molar-refractivity contribution in [1.82, 2.24) is 50.5 Å². The summed E-state index contributed by atoms with van der Waals surface area (Å²) in [6.45, 7) is 13.0. The molecule has 0 radical (unpaired) electrons. The molecule has 0 atom stereocenters. The van der Waals surface area contributed by atoms with Gasteiger partial charge in [-0.1, -0.05) is 72.8 Å². The lowest BCUT2D eigenvalue weighted by atomic mass is 9.86. The average molecular weight is 1120 g/mol. The quantitative estimate of drug-likeness (QED) is 0.0478. The minimum Gasteiger partial charge on any atom is -0.487 e. The van der Waals surface area contributed by atoms with E-state index in [-0.39, 0.29) is 12.8 Å². The van der Waals surface area contributed by atoms with Gasteiger partial charge in [-0.3, -0.25) is 9.59 Å². The molecule has 0 bridgehead atoms. The summed E-state index contributed by atoms with van der Waals surface area (Å²) in [6.07, 6.45) is 5.85. The predicted molar refractivity (Wildman–Crippen MR) is 311 cm³/mol. The zero-order chi connectivity index (χ0) is 58.1. The first-order chi connectivity index (χ1) is 39.3. The van der Waals surface area contributed by atoms with Crippen molar-refractivity contribution in [2.75, 3.05) is 58.1 Å². The van der Waals surface area contributed by atoms with Crippen LogP contribution in [-0.4, -0.2) is 112 Å². The van der Waals surface area contributed by atoms with E-state index in [1.54, 1.807) is 90.6 Å². The van der Waals surface area contributed by atoms with Gasteiger partial charge in [0, 0.05) is 26.2 Å². The van der Waals surface area contributed by atoms with Gasteiger partial charge in [0.1, 0.15) is 76.4 Å². The molecular weight excluding hydrogens is 1050 g/mol. The molecule has 0 aliphatic carbocycles. The Hall–Kier alpha value is -9.74. The smallest absolute Gasteiger partial charge is 0.408 e. The third-order valence-electron chi connectivity index (χ3n) is 13.7. The van der Waals surface area contributed by atoms with Crippen molar-refractivity contribution < 1.29 is 38.1 Å². The first-order valence-corrected chi connectivity index (χ1v) is 26.8. The van der Waals surface area contributed by atoms with Crippen molar-refractivity contribution in [3.63, 3.8) is 0 Å². The fourth-order valence-electron chi connectivity index (χ4n) is 9.53. The zero-order valence-corrected chi connectivity index (χ0v) is 46.6. The predicted octanol–water partition coefficient (Wildman–Crippen LogP) is 8.03. The Labute approximate surface area is 473 Å². The molecule has 10 rings (SSSR count). The molecule has 0 unspecified atom stereocenters. The molecule has 24 heteroatoms. The molecule has 0 saturated carbocycles. The Bertz CT molecular complexity index is 3510. The second-order valence-corrected chi connectivity index (χ2v) is 21.9. The Balaban J connectivity index is 0.000000198. The van der Waals surface area contributed by atoms with E-state index < -0.39 is 46.3 Å². The highest BCUT2D eigenvalue weighted by Crippen LogP contribution is 2.37. The number of piperidine rings is 2. The summed E-state index contributed by atoms with van der Waals surface area (Å²) >= 11 is 0. The van der Waals surface area contributed by atoms with E-state index in [1.165, 1.54) is 12.7 Å². The van der Waals surface area contributed by atoms with Gasteiger partial charge in [-0.25, -0.2) is 39.5 Å². The van der Waals surface area contributed by atoms with Gasteiger partial charge in [-0.15, -0.1) is 0 Å². The molecule has 2 fully saturated rings. The van der Waals surface area contributed by atoms with Crippen molar-refractivity contribution in [1.29, 1.82) is 0 Å². The highest BCUT2D eigenvalue weighted by molar-refractivity contribution is 6.04. The molecule has 10 N–H and O–H groups in total. The molecule has 24 nitrogen and oxygen atoms in total. The van der Waals surface area contributed by atoms with Gasteiger partial charge in [0.15, 0.2) is 22.9 Å². The summed E-state index contributed by atoms with van der Waals surface area (Å²) in [5.74, 6) is 1.43. The van der Waals surface area contributed by atoms with Crippen molar-refractivity contribution in [2.24, 2.45) is 0 Å². The number of ether oxygens (including phenoxy) is 4. The van der Waals surface area contributed by atoms with Crippen molar-refractivity contribution >= 4 is 80.7 Å². The molecule has 2 saturated heterocycles. The first kappa shape index (κ1) is 57.0. The third-order valence-corrected chi connectivity index (χ3v) is 13.7. The molecule has 6 heterocycles. The molecular formula is C58H68N16O8. The number of carbonyl (C=O) groups excluding carboxylic acids is 4. The summed E-state index contributed by atoms with van der Waals surface area (Å²) in [6, 6.07) is 29.8. The standard InChI is InChI=1S/2C29H34N8O4/c1-28(2,3)41-27(39)36-29(12-14-37(15-13-29)25-23-24(32-17-31-23)33-18-34-25)26(38)35-20-10-7-11-21(22(20)30)40-16-19-8-5-4-6-9-19;1-28(2,3)41-27(39)36-29(12-14-37(15-13-29)25-23-24(32-17-31-23)33-18-34-25)26(38)35-22-20(30)10-7-11-21(22)40-16-19-8-5-4-6-9-19/h2*4-11,17-18H,12-16,30H2,1-3H3,(H,35,38)(H,36,39)(H,31,32,33,34). The number of para-hydroxylation sites is 2. The summed E-state index contributed by atoms with van der Waals surface area (Å²) in [7, 11) is 0. The maximum atomic E-state index is 14.0. The Kier molecular flexibility index (Phi) is 16.9. The van der Waals surface area contributed by atoms with Crippen LogP contribution in [0.25, 0.3) is 22.3 Å². The van der Waals surface area contributed by atoms with E-state index in [9.17, 15) is 19.2 Å². The molecule has 2 aliphatic rings. The van der Waals surface area contributed by atoms with Gasteiger partial charge < -0.3 is 71.4 Å². The molecule has 428 valence electrons. The summed E-state index contributed by atoms with van der Waals surface area (Å²) < 4.78 is 23.0. The molecule has 8 aromatic rings. The summed E-state index contributed by atoms with van der Waals surface area (Å²) in [4.78, 5) is 89.7. The van der Waals surface area contributed by atoms with Crippen molar-refractivity contribution in [3.8, 4) is 11.5 Å². The lowest BCUT2D eigenvalue weighted by Crippen LogP contribution is -2.62. The number of nitrogens with one attached hydrogen (secondary N) is 6. The van der Waals surface area contributed by atoms with Gasteiger partial charge in [0.25, 0.3) is 5.91 Å². The number of amides is 4. The number of hydrogen-bond donors (Lipinski definition) is 8. The van der Waals surface area contributed by atoms with Crippen LogP contribution < -0.4 is 52.0 Å². The van der Waals surface area contributed by atoms with Crippen molar-refractivity contribution in [3.05, 3.63) is 133 Å². The fourth-order valence-corrected chi connectivity index (χ4v) is 9.53. The molecule has 4 amide bonds. The van der Waals surface area contributed by atoms with Crippen LogP contribution in [0.5, 0.6) is 11.5 Å². The van der Waals surface area contributed by atoms with E-state index in [1.807, 2.05) is 70.5 Å². The number of anilines is 6. The number of aromatic nitrogens is 8. The third kappa shape index (κ3) is 13.8. The van der Waals surface area contributed by atoms with Crippen LogP contribution in [0.1, 0.15) is 78.4 Å². The number of benzene rings is 4. The van der Waals surface area contributed by atoms with Crippen LogP contribution in [0.4, 0.5) is 44.0 Å². The molecule has 2 aliphatic heterocycles. The lowest BCUT2D eigenvalue weighted by Gasteiger charge is -2.41. The van der Waals surface area contributed by atoms with Gasteiger partial charge in [-0.2, -0.15) is 0 Å². The Morgan fingerprint density at radius 2 is 0.988 bits per heavy atom. The first-order valence-electron chi connectivity index (χ1n) is 26.8. The van der Waals surface area contributed by atoms with Gasteiger partial charge >= 0.3 is 12.2 Å². The number of alkyl carbamates (subject to hydrolysis) is 2. The number of fused-ring (bicyclic) bond motifs is 2. The van der Waals surface area contributed by atoms with Gasteiger partial charge in [-0.05, 0) is 103 Å². The number of carbonyl (C=O) groups is 4. The Morgan fingerprint density at radius 3 is 1.46 bits per heavy atom. The van der Waals surface area contributed by atoms with Crippen LogP contribution in [0.2, 0.25) is 0 Å². The minimum atomic E-state index is -1.28. The van der Waals surface area contributed by atoms with E-state index in [2.05, 4.69) is 61.1 Å². The number of imidazole rings is 2. The maximum Gasteiger partial charge on any atom is 0.408 e. The number of nitrogen functional groups attached to an aromatic ring is 2. The maximum absolute atomic E-state index is 14.0. The van der Waals surface area contributed by atoms with E-state index >= 15 is 0 Å². The average Bonchev–Trinajstić information content (AvgIpc) is 3.84. The number of aromatic amines is 2. The van der Waals surface area contributed by atoms with Gasteiger partial charge in [0.2, 0.25) is 5.91 Å².